The van der Waals surface area contributed by atoms with Gasteiger partial charge < -0.3 is 14.9 Å². The molecule has 8 nitrogen and oxygen atoms in total. The number of ether oxygens (including phenoxy) is 1. The van der Waals surface area contributed by atoms with Crippen molar-refractivity contribution < 1.29 is 45.0 Å². The summed E-state index contributed by atoms with van der Waals surface area (Å²) in [6.45, 7) is -0.851. The lowest BCUT2D eigenvalue weighted by molar-refractivity contribution is -0.274. The lowest BCUT2D eigenvalue weighted by Gasteiger charge is -2.24. The summed E-state index contributed by atoms with van der Waals surface area (Å²) >= 11 is 23.8. The van der Waals surface area contributed by atoms with Crippen LogP contribution < -0.4 is 4.74 Å². The Kier molecular flexibility index (Phi) is 11.0. The number of aryl methyl sites for hydroxylation is 1. The maximum Gasteiger partial charge on any atom is 0.573 e. The van der Waals surface area contributed by atoms with Gasteiger partial charge in [0.25, 0.3) is 0 Å². The van der Waals surface area contributed by atoms with Gasteiger partial charge in [-0.15, -0.1) is 13.2 Å². The molecule has 0 heterocycles. The molecule has 0 aliphatic heterocycles. The Morgan fingerprint density at radius 1 is 0.696 bits per heavy atom. The van der Waals surface area contributed by atoms with Crippen LogP contribution in [0.25, 0.3) is 0 Å². The van der Waals surface area contributed by atoms with Gasteiger partial charge in [-0.3, -0.25) is 0 Å². The fraction of sp³-hybridized carbons (Fsp3) is 0.172. The van der Waals surface area contributed by atoms with Gasteiger partial charge in [0.15, 0.2) is 21.3 Å². The van der Waals surface area contributed by atoms with Crippen LogP contribution >= 0.6 is 46.4 Å². The van der Waals surface area contributed by atoms with Crippen molar-refractivity contribution in [3.63, 3.8) is 0 Å². The molecule has 0 aliphatic carbocycles. The zero-order valence-corrected chi connectivity index (χ0v) is 27.8. The number of hydrogen-bond acceptors (Lipinski definition) is 7. The Morgan fingerprint density at radius 3 is 1.78 bits per heavy atom. The highest BCUT2D eigenvalue weighted by Crippen LogP contribution is 2.37. The molecule has 0 unspecified atom stereocenters. The molecule has 0 radical (unpaired) electrons. The zero-order chi connectivity index (χ0) is 34.0. The van der Waals surface area contributed by atoms with Gasteiger partial charge in [-0.25, -0.2) is 16.8 Å². The van der Waals surface area contributed by atoms with Crippen molar-refractivity contribution in [1.29, 1.82) is 0 Å². The molecule has 4 rings (SSSR count). The van der Waals surface area contributed by atoms with E-state index in [-0.39, 0.29) is 38.6 Å². The summed E-state index contributed by atoms with van der Waals surface area (Å²) in [7, 11) is -8.69. The third kappa shape index (κ3) is 8.91. The van der Waals surface area contributed by atoms with Gasteiger partial charge in [-0.1, -0.05) is 82.8 Å². The number of phenols is 2. The van der Waals surface area contributed by atoms with Crippen molar-refractivity contribution in [2.75, 3.05) is 5.75 Å². The first-order chi connectivity index (χ1) is 21.4. The first-order valence-corrected chi connectivity index (χ1v) is 17.5. The smallest absolute Gasteiger partial charge is 0.505 e. The largest absolute Gasteiger partial charge is 0.573 e. The molecule has 4 aromatic rings. The number of nitrogens with zero attached hydrogens (tertiary/aromatic N) is 1. The van der Waals surface area contributed by atoms with Crippen LogP contribution in [-0.2, 0) is 39.4 Å². The van der Waals surface area contributed by atoms with Crippen molar-refractivity contribution in [3.8, 4) is 17.2 Å². The molecule has 2 N–H and O–H groups in total. The minimum absolute atomic E-state index is 0.00667. The molecule has 0 amide bonds. The Labute approximate surface area is 282 Å². The summed E-state index contributed by atoms with van der Waals surface area (Å²) in [4.78, 5) is -1.09. The number of halogens is 7. The van der Waals surface area contributed by atoms with E-state index < -0.39 is 65.6 Å². The Balaban J connectivity index is 1.67. The second-order valence-corrected chi connectivity index (χ2v) is 15.5. The zero-order valence-electron chi connectivity index (χ0n) is 23.1. The summed E-state index contributed by atoms with van der Waals surface area (Å²) in [6, 6.07) is 15.3. The molecule has 0 bridgehead atoms. The van der Waals surface area contributed by atoms with Gasteiger partial charge in [0, 0.05) is 23.1 Å². The second kappa shape index (κ2) is 14.1. The van der Waals surface area contributed by atoms with Crippen LogP contribution in [0.1, 0.15) is 16.7 Å². The quantitative estimate of drug-likeness (QED) is 0.159. The summed E-state index contributed by atoms with van der Waals surface area (Å²) < 4.78 is 97.1. The summed E-state index contributed by atoms with van der Waals surface area (Å²) in [6.07, 6.45) is -5.05. The van der Waals surface area contributed by atoms with Crippen LogP contribution in [0, 0.1) is 0 Å². The van der Waals surface area contributed by atoms with Crippen molar-refractivity contribution >= 4 is 66.3 Å². The molecule has 17 heteroatoms. The molecule has 4 aromatic carbocycles. The Bertz CT molecular complexity index is 1990. The van der Waals surface area contributed by atoms with E-state index in [0.29, 0.717) is 11.1 Å². The van der Waals surface area contributed by atoms with Gasteiger partial charge in [-0.2, -0.15) is 4.31 Å². The molecule has 0 saturated carbocycles. The maximum absolute atomic E-state index is 13.9. The number of sulfonamides is 1. The lowest BCUT2D eigenvalue weighted by Crippen LogP contribution is -2.30. The standard InChI is InChI=1S/C29H22Cl4F3NO7S2/c30-20-11-23(32)27(38)25(13-20)45(40,41)8-7-17-3-1-4-18(9-17)15-37(16-19-5-2-6-22(10-19)44-29(34,35)36)46(42,43)26-14-21(31)12-24(33)28(26)39/h1-6,9-14,38-39H,7-8,15-16H2. The molecule has 246 valence electrons. The molecule has 46 heavy (non-hydrogen) atoms. The third-order valence-electron chi connectivity index (χ3n) is 6.44. The van der Waals surface area contributed by atoms with Crippen LogP contribution in [0.4, 0.5) is 13.2 Å². The van der Waals surface area contributed by atoms with Gasteiger partial charge in [0.2, 0.25) is 10.0 Å². The van der Waals surface area contributed by atoms with E-state index in [1.165, 1.54) is 24.3 Å². The Hall–Kier alpha value is -2.91. The molecule has 0 saturated heterocycles. The second-order valence-electron chi connectivity index (χ2n) is 9.83. The topological polar surface area (TPSA) is 121 Å². The number of phenolic OH excluding ortho intramolecular Hbond substituents is 2. The van der Waals surface area contributed by atoms with E-state index >= 15 is 0 Å². The SMILES string of the molecule is O=S(=O)(CCc1cccc(CN(Cc2cccc(OC(F)(F)F)c2)S(=O)(=O)c2cc(Cl)cc(Cl)c2O)c1)c1cc(Cl)cc(Cl)c1O. The number of hydrogen-bond donors (Lipinski definition) is 2. The predicted molar refractivity (Wildman–Crippen MR) is 168 cm³/mol. The normalized spacial score (nSPS) is 12.4. The summed E-state index contributed by atoms with van der Waals surface area (Å²) in [5, 5.41) is 20.0. The van der Waals surface area contributed by atoms with Crippen LogP contribution in [0.3, 0.4) is 0 Å². The first kappa shape index (κ1) is 35.9. The van der Waals surface area contributed by atoms with Crippen molar-refractivity contribution in [2.24, 2.45) is 0 Å². The van der Waals surface area contributed by atoms with Crippen molar-refractivity contribution in [3.05, 3.63) is 110 Å². The van der Waals surface area contributed by atoms with Crippen molar-refractivity contribution in [1.82, 2.24) is 4.31 Å². The van der Waals surface area contributed by atoms with E-state index in [1.807, 2.05) is 0 Å². The number of rotatable bonds is 11. The van der Waals surface area contributed by atoms with E-state index in [2.05, 4.69) is 4.74 Å². The number of alkyl halides is 3. The molecule has 0 fully saturated rings. The van der Waals surface area contributed by atoms with Gasteiger partial charge in [0.1, 0.15) is 15.5 Å². The van der Waals surface area contributed by atoms with Crippen LogP contribution in [0.5, 0.6) is 17.2 Å². The highest BCUT2D eigenvalue weighted by atomic mass is 35.5. The minimum atomic E-state index is -4.99. The van der Waals surface area contributed by atoms with E-state index in [0.717, 1.165) is 34.6 Å². The highest BCUT2D eigenvalue weighted by molar-refractivity contribution is 7.91. The molecule has 0 aromatic heterocycles. The van der Waals surface area contributed by atoms with E-state index in [4.69, 9.17) is 46.4 Å². The predicted octanol–water partition coefficient (Wildman–Crippen LogP) is 8.02. The maximum atomic E-state index is 13.9. The summed E-state index contributed by atoms with van der Waals surface area (Å²) in [5.74, 6) is -2.47. The minimum Gasteiger partial charge on any atom is -0.505 e. The average molecular weight is 759 g/mol. The first-order valence-electron chi connectivity index (χ1n) is 12.9. The molecule has 0 aliphatic rings. The number of aromatic hydroxyl groups is 2. The monoisotopic (exact) mass is 757 g/mol. The van der Waals surface area contributed by atoms with Gasteiger partial charge in [-0.05, 0) is 59.5 Å². The highest BCUT2D eigenvalue weighted by Gasteiger charge is 2.32. The van der Waals surface area contributed by atoms with Crippen molar-refractivity contribution in [2.45, 2.75) is 35.7 Å². The fourth-order valence-electron chi connectivity index (χ4n) is 4.38. The van der Waals surface area contributed by atoms with Crippen LogP contribution in [-0.4, -0.2) is 43.5 Å². The van der Waals surface area contributed by atoms with Gasteiger partial charge in [0.05, 0.1) is 15.8 Å². The lowest BCUT2D eigenvalue weighted by atomic mass is 10.1. The number of benzene rings is 4. The average Bonchev–Trinajstić information content (AvgIpc) is 2.95. The van der Waals surface area contributed by atoms with Crippen LogP contribution in [0.15, 0.2) is 82.6 Å². The van der Waals surface area contributed by atoms with E-state index in [9.17, 15) is 40.2 Å². The van der Waals surface area contributed by atoms with Gasteiger partial charge >= 0.3 is 6.36 Å². The summed E-state index contributed by atoms with van der Waals surface area (Å²) in [5.41, 5.74) is 0.947. The molecular weight excluding hydrogens is 737 g/mol. The third-order valence-corrected chi connectivity index (χ3v) is 11.0. The number of sulfone groups is 1. The Morgan fingerprint density at radius 2 is 1.20 bits per heavy atom. The molecule has 0 spiro atoms. The molecular formula is C29H22Cl4F3NO7S2. The van der Waals surface area contributed by atoms with Crippen LogP contribution in [0.2, 0.25) is 20.1 Å². The van der Waals surface area contributed by atoms with E-state index in [1.54, 1.807) is 18.2 Å². The fourth-order valence-corrected chi connectivity index (χ4v) is 8.59. The molecule has 0 atom stereocenters.